The number of carbonyl (C=O) groups is 1. The van der Waals surface area contributed by atoms with Gasteiger partial charge in [0.25, 0.3) is 0 Å². The first kappa shape index (κ1) is 31.5. The lowest BCUT2D eigenvalue weighted by Gasteiger charge is -2.35. The number of anilines is 1. The predicted octanol–water partition coefficient (Wildman–Crippen LogP) is 5.33. The highest BCUT2D eigenvalue weighted by molar-refractivity contribution is 7.21. The lowest BCUT2D eigenvalue weighted by molar-refractivity contribution is 0.0484. The van der Waals surface area contributed by atoms with Crippen molar-refractivity contribution in [3.05, 3.63) is 35.6 Å². The highest BCUT2D eigenvalue weighted by Gasteiger charge is 2.50. The number of rotatable bonds is 8. The van der Waals surface area contributed by atoms with E-state index in [9.17, 15) is 9.90 Å². The molecule has 4 saturated heterocycles. The number of phenolic OH excluding ortho intramolecular Hbond substituents is 1. The fourth-order valence-electron chi connectivity index (χ4n) is 8.46. The van der Waals surface area contributed by atoms with E-state index in [0.717, 1.165) is 74.7 Å². The molecule has 11 nitrogen and oxygen atoms in total. The third kappa shape index (κ3) is 5.49. The summed E-state index contributed by atoms with van der Waals surface area (Å²) in [5, 5.41) is 16.6. The molecule has 8 rings (SSSR count). The number of benzene rings is 2. The number of hydrogen-bond donors (Lipinski definition) is 2. The zero-order valence-corrected chi connectivity index (χ0v) is 28.5. The van der Waals surface area contributed by atoms with Gasteiger partial charge < -0.3 is 29.7 Å². The minimum absolute atomic E-state index is 0.103. The van der Waals surface area contributed by atoms with E-state index >= 15 is 4.39 Å². The predicted molar refractivity (Wildman–Crippen MR) is 184 cm³/mol. The number of amides is 1. The molecule has 48 heavy (non-hydrogen) atoms. The van der Waals surface area contributed by atoms with Crippen LogP contribution in [0.5, 0.6) is 11.8 Å². The molecule has 13 heteroatoms. The van der Waals surface area contributed by atoms with Crippen molar-refractivity contribution >= 4 is 44.4 Å². The second-order valence-corrected chi connectivity index (χ2v) is 15.0. The summed E-state index contributed by atoms with van der Waals surface area (Å²) in [5.41, 5.74) is 1.83. The van der Waals surface area contributed by atoms with E-state index in [2.05, 4.69) is 15.1 Å². The van der Waals surface area contributed by atoms with Gasteiger partial charge in [-0.25, -0.2) is 14.2 Å². The third-order valence-electron chi connectivity index (χ3n) is 10.7. The average Bonchev–Trinajstić information content (AvgIpc) is 3.85. The van der Waals surface area contributed by atoms with Crippen LogP contribution in [0.25, 0.3) is 31.7 Å². The Hall–Kier alpha value is -3.81. The number of phenols is 1. The number of hydrogen-bond acceptors (Lipinski definition) is 11. The third-order valence-corrected chi connectivity index (χ3v) is 11.7. The summed E-state index contributed by atoms with van der Waals surface area (Å²) in [6.07, 6.45) is 6.41. The Kier molecular flexibility index (Phi) is 8.03. The number of aromatic nitrogens is 3. The van der Waals surface area contributed by atoms with E-state index in [1.807, 2.05) is 6.92 Å². The SMILES string of the molecule is CCc1c(F)ccc2cc(O)cc(-c3nc4c(N5CC6CCC(C5)N6)nc(OC[C@]56CCCN5[C@@H](COC(=O)N(C)C)CC6)nc4s3)c12. The number of ether oxygens (including phenoxy) is 2. The van der Waals surface area contributed by atoms with Gasteiger partial charge >= 0.3 is 12.1 Å². The molecule has 2 aromatic heterocycles. The number of fused-ring (bicyclic) bond motifs is 5. The topological polar surface area (TPSA) is 116 Å². The van der Waals surface area contributed by atoms with Crippen molar-refractivity contribution in [1.82, 2.24) is 30.1 Å². The molecule has 0 saturated carbocycles. The molecular weight excluding hydrogens is 633 g/mol. The van der Waals surface area contributed by atoms with E-state index in [1.165, 1.54) is 22.3 Å². The number of nitrogens with one attached hydrogen (secondary N) is 1. The lowest BCUT2D eigenvalue weighted by Crippen LogP contribution is -2.51. The van der Waals surface area contributed by atoms with Crippen LogP contribution in [-0.4, -0.2) is 107 Å². The second kappa shape index (κ2) is 12.3. The number of nitrogens with zero attached hydrogens (tertiary/aromatic N) is 6. The first-order valence-corrected chi connectivity index (χ1v) is 17.9. The lowest BCUT2D eigenvalue weighted by atomic mass is 9.95. The molecule has 4 atom stereocenters. The Labute approximate surface area is 283 Å². The first-order valence-electron chi connectivity index (χ1n) is 17.1. The zero-order chi connectivity index (χ0) is 33.2. The van der Waals surface area contributed by atoms with Crippen LogP contribution in [0.3, 0.4) is 0 Å². The molecule has 0 spiro atoms. The van der Waals surface area contributed by atoms with Gasteiger partial charge in [0.05, 0.1) is 5.54 Å². The van der Waals surface area contributed by atoms with Gasteiger partial charge in [-0.3, -0.25) is 4.90 Å². The van der Waals surface area contributed by atoms with Crippen LogP contribution >= 0.6 is 11.3 Å². The molecule has 4 fully saturated rings. The van der Waals surface area contributed by atoms with Crippen molar-refractivity contribution in [2.75, 3.05) is 51.8 Å². The summed E-state index contributed by atoms with van der Waals surface area (Å²) < 4.78 is 27.2. The van der Waals surface area contributed by atoms with Gasteiger partial charge in [-0.1, -0.05) is 24.3 Å². The van der Waals surface area contributed by atoms with Crippen LogP contribution in [0.1, 0.15) is 51.0 Å². The van der Waals surface area contributed by atoms with E-state index in [4.69, 9.17) is 24.4 Å². The van der Waals surface area contributed by atoms with Gasteiger partial charge in [-0.15, -0.1) is 0 Å². The van der Waals surface area contributed by atoms with E-state index < -0.39 is 0 Å². The summed E-state index contributed by atoms with van der Waals surface area (Å²) in [6.45, 7) is 5.34. The van der Waals surface area contributed by atoms with Crippen molar-refractivity contribution in [3.63, 3.8) is 0 Å². The van der Waals surface area contributed by atoms with Crippen LogP contribution < -0.4 is 15.0 Å². The maximum atomic E-state index is 15.0. The van der Waals surface area contributed by atoms with Crippen molar-refractivity contribution in [2.45, 2.75) is 75.5 Å². The molecule has 4 aromatic rings. The molecule has 2 unspecified atom stereocenters. The summed E-state index contributed by atoms with van der Waals surface area (Å²) in [5.74, 6) is 0.588. The quantitative estimate of drug-likeness (QED) is 0.254. The molecule has 2 N–H and O–H groups in total. The Morgan fingerprint density at radius 2 is 1.96 bits per heavy atom. The number of aryl methyl sites for hydroxylation is 1. The fraction of sp³-hybridized carbons (Fsp3) is 0.543. The zero-order valence-electron chi connectivity index (χ0n) is 27.7. The van der Waals surface area contributed by atoms with Gasteiger partial charge in [0, 0.05) is 50.9 Å². The van der Waals surface area contributed by atoms with Crippen molar-refractivity contribution < 1.29 is 23.8 Å². The maximum Gasteiger partial charge on any atom is 0.409 e. The van der Waals surface area contributed by atoms with Crippen molar-refractivity contribution in [1.29, 1.82) is 0 Å². The van der Waals surface area contributed by atoms with Gasteiger partial charge in [-0.05, 0) is 86.0 Å². The van der Waals surface area contributed by atoms with Gasteiger partial charge in [0.2, 0.25) is 0 Å². The van der Waals surface area contributed by atoms with Crippen LogP contribution in [0.2, 0.25) is 0 Å². The van der Waals surface area contributed by atoms with Crippen LogP contribution in [0.15, 0.2) is 24.3 Å². The standard InChI is InChI=1S/C35H42FN7O4S/c1-4-25-27(36)9-6-20-14-24(44)15-26(28(20)25)31-38-29-30(42-16-21-7-8-22(17-42)37-21)39-33(40-32(29)48-31)47-19-35-11-5-13-43(35)23(10-12-35)18-46-34(45)41(2)3/h6,9,14-15,21-23,37,44H,4-5,7-8,10-13,16-19H2,1-3H3/t21?,22?,23-,35-/m1/s1. The van der Waals surface area contributed by atoms with Gasteiger partial charge in [0.1, 0.15) is 35.3 Å². The molecule has 2 aromatic carbocycles. The number of carbonyl (C=O) groups excluding carboxylic acids is 1. The molecular formula is C35H42FN7O4S. The molecule has 0 radical (unpaired) electrons. The fourth-order valence-corrected chi connectivity index (χ4v) is 9.41. The summed E-state index contributed by atoms with van der Waals surface area (Å²) >= 11 is 1.42. The molecule has 4 aliphatic rings. The molecule has 6 heterocycles. The molecule has 2 bridgehead atoms. The van der Waals surface area contributed by atoms with Crippen molar-refractivity contribution in [2.24, 2.45) is 0 Å². The van der Waals surface area contributed by atoms with E-state index in [-0.39, 0.29) is 29.2 Å². The smallest absolute Gasteiger partial charge is 0.409 e. The average molecular weight is 676 g/mol. The summed E-state index contributed by atoms with van der Waals surface area (Å²) in [7, 11) is 3.39. The highest BCUT2D eigenvalue weighted by atomic mass is 32.1. The largest absolute Gasteiger partial charge is 0.508 e. The highest BCUT2D eigenvalue weighted by Crippen LogP contribution is 2.44. The monoisotopic (exact) mass is 675 g/mol. The maximum absolute atomic E-state index is 15.0. The summed E-state index contributed by atoms with van der Waals surface area (Å²) in [6, 6.07) is 7.78. The van der Waals surface area contributed by atoms with E-state index in [1.54, 1.807) is 32.3 Å². The van der Waals surface area contributed by atoms with Crippen LogP contribution in [0, 0.1) is 5.82 Å². The number of piperazine rings is 1. The second-order valence-electron chi connectivity index (χ2n) is 14.0. The van der Waals surface area contributed by atoms with E-state index in [0.29, 0.717) is 64.2 Å². The molecule has 254 valence electrons. The number of thiazole rings is 1. The summed E-state index contributed by atoms with van der Waals surface area (Å²) in [4.78, 5) is 34.1. The van der Waals surface area contributed by atoms with Crippen LogP contribution in [0.4, 0.5) is 15.0 Å². The Morgan fingerprint density at radius 3 is 2.73 bits per heavy atom. The Morgan fingerprint density at radius 1 is 1.15 bits per heavy atom. The Balaban J connectivity index is 1.15. The number of halogens is 1. The Bertz CT molecular complexity index is 1880. The van der Waals surface area contributed by atoms with Crippen molar-refractivity contribution in [3.8, 4) is 22.3 Å². The molecule has 0 aliphatic carbocycles. The van der Waals surface area contributed by atoms with Gasteiger partial charge in [0.15, 0.2) is 10.6 Å². The minimum atomic E-state index is -0.322. The normalized spacial score (nSPS) is 25.2. The number of aromatic hydroxyl groups is 1. The van der Waals surface area contributed by atoms with Gasteiger partial charge in [-0.2, -0.15) is 9.97 Å². The van der Waals surface area contributed by atoms with Crippen LogP contribution in [-0.2, 0) is 11.2 Å². The first-order chi connectivity index (χ1) is 23.2. The molecule has 4 aliphatic heterocycles. The molecule has 1 amide bonds. The minimum Gasteiger partial charge on any atom is -0.508 e.